The van der Waals surface area contributed by atoms with Gasteiger partial charge in [0.25, 0.3) is 0 Å². The van der Waals surface area contributed by atoms with Gasteiger partial charge in [0.15, 0.2) is 0 Å². The molecule has 2 rings (SSSR count). The van der Waals surface area contributed by atoms with Crippen LogP contribution in [-0.4, -0.2) is 29.9 Å². The molecule has 0 unspecified atom stereocenters. The van der Waals surface area contributed by atoms with Crippen molar-refractivity contribution in [1.29, 1.82) is 0 Å². The van der Waals surface area contributed by atoms with Crippen molar-refractivity contribution in [3.8, 4) is 0 Å². The SMILES string of the molecule is CC(=O)N1CCC(C(=O)OCc2ccccc2F)CC1. The van der Waals surface area contributed by atoms with Gasteiger partial charge in [0, 0.05) is 25.6 Å². The smallest absolute Gasteiger partial charge is 0.309 e. The molecule has 1 amide bonds. The average Bonchev–Trinajstić information content (AvgIpc) is 2.46. The first-order chi connectivity index (χ1) is 9.58. The van der Waals surface area contributed by atoms with E-state index in [1.807, 2.05) is 0 Å². The Morgan fingerprint density at radius 3 is 2.55 bits per heavy atom. The normalized spacial score (nSPS) is 16.0. The number of ether oxygens (including phenoxy) is 1. The number of hydrogen-bond acceptors (Lipinski definition) is 3. The van der Waals surface area contributed by atoms with Crippen LogP contribution < -0.4 is 0 Å². The highest BCUT2D eigenvalue weighted by atomic mass is 19.1. The molecule has 1 heterocycles. The van der Waals surface area contributed by atoms with E-state index in [9.17, 15) is 14.0 Å². The quantitative estimate of drug-likeness (QED) is 0.796. The van der Waals surface area contributed by atoms with E-state index in [1.165, 1.54) is 13.0 Å². The number of piperidine rings is 1. The van der Waals surface area contributed by atoms with Gasteiger partial charge in [-0.15, -0.1) is 0 Å². The zero-order valence-electron chi connectivity index (χ0n) is 11.5. The van der Waals surface area contributed by atoms with E-state index in [4.69, 9.17) is 4.74 Å². The summed E-state index contributed by atoms with van der Waals surface area (Å²) in [6, 6.07) is 6.24. The number of carbonyl (C=O) groups is 2. The lowest BCUT2D eigenvalue weighted by Gasteiger charge is -2.30. The Bertz CT molecular complexity index is 496. The molecule has 0 aromatic heterocycles. The summed E-state index contributed by atoms with van der Waals surface area (Å²) >= 11 is 0. The van der Waals surface area contributed by atoms with Crippen molar-refractivity contribution in [2.75, 3.05) is 13.1 Å². The first kappa shape index (κ1) is 14.5. The molecule has 20 heavy (non-hydrogen) atoms. The number of halogens is 1. The third-order valence-corrected chi connectivity index (χ3v) is 3.60. The van der Waals surface area contributed by atoms with Crippen LogP contribution in [0.15, 0.2) is 24.3 Å². The lowest BCUT2D eigenvalue weighted by atomic mass is 9.97. The highest BCUT2D eigenvalue weighted by Gasteiger charge is 2.27. The zero-order valence-corrected chi connectivity index (χ0v) is 11.5. The fourth-order valence-corrected chi connectivity index (χ4v) is 2.31. The molecular formula is C15H18FNO3. The molecule has 108 valence electrons. The maximum atomic E-state index is 13.4. The highest BCUT2D eigenvalue weighted by Crippen LogP contribution is 2.19. The van der Waals surface area contributed by atoms with E-state index in [2.05, 4.69) is 0 Å². The molecule has 0 N–H and O–H groups in total. The summed E-state index contributed by atoms with van der Waals surface area (Å²) in [4.78, 5) is 24.8. The first-order valence-corrected chi connectivity index (χ1v) is 6.73. The van der Waals surface area contributed by atoms with Gasteiger partial charge in [0.1, 0.15) is 12.4 Å². The summed E-state index contributed by atoms with van der Waals surface area (Å²) in [5.74, 6) is -0.844. The van der Waals surface area contributed by atoms with Crippen molar-refractivity contribution in [2.24, 2.45) is 5.92 Å². The van der Waals surface area contributed by atoms with E-state index >= 15 is 0 Å². The van der Waals surface area contributed by atoms with Gasteiger partial charge >= 0.3 is 5.97 Å². The first-order valence-electron chi connectivity index (χ1n) is 6.73. The van der Waals surface area contributed by atoms with Crippen LogP contribution in [-0.2, 0) is 20.9 Å². The molecule has 0 spiro atoms. The summed E-state index contributed by atoms with van der Waals surface area (Å²) in [5.41, 5.74) is 0.377. The van der Waals surface area contributed by atoms with E-state index < -0.39 is 0 Å². The monoisotopic (exact) mass is 279 g/mol. The highest BCUT2D eigenvalue weighted by molar-refractivity contribution is 5.75. The lowest BCUT2D eigenvalue weighted by molar-refractivity contribution is -0.152. The van der Waals surface area contributed by atoms with E-state index in [-0.39, 0.29) is 30.2 Å². The van der Waals surface area contributed by atoms with Crippen LogP contribution in [0.25, 0.3) is 0 Å². The minimum atomic E-state index is -0.369. The fraction of sp³-hybridized carbons (Fsp3) is 0.467. The van der Waals surface area contributed by atoms with Crippen LogP contribution in [0.3, 0.4) is 0 Å². The molecule has 1 aromatic rings. The third kappa shape index (κ3) is 3.56. The molecule has 0 bridgehead atoms. The van der Waals surface area contributed by atoms with Crippen LogP contribution in [0, 0.1) is 11.7 Å². The zero-order chi connectivity index (χ0) is 14.5. The molecule has 1 aromatic carbocycles. The van der Waals surface area contributed by atoms with Gasteiger partial charge in [-0.2, -0.15) is 0 Å². The molecule has 0 saturated carbocycles. The van der Waals surface area contributed by atoms with Crippen molar-refractivity contribution < 1.29 is 18.7 Å². The Hall–Kier alpha value is -1.91. The molecule has 5 heteroatoms. The van der Waals surface area contributed by atoms with Crippen molar-refractivity contribution >= 4 is 11.9 Å². The van der Waals surface area contributed by atoms with Gasteiger partial charge in [0.05, 0.1) is 5.92 Å². The van der Waals surface area contributed by atoms with Gasteiger partial charge in [-0.25, -0.2) is 4.39 Å². The second kappa shape index (κ2) is 6.50. The van der Waals surface area contributed by atoms with Gasteiger partial charge in [-0.05, 0) is 18.9 Å². The number of rotatable bonds is 3. The Morgan fingerprint density at radius 1 is 1.30 bits per heavy atom. The van der Waals surface area contributed by atoms with Crippen molar-refractivity contribution in [3.05, 3.63) is 35.6 Å². The predicted octanol–water partition coefficient (Wildman–Crippen LogP) is 2.13. The van der Waals surface area contributed by atoms with Crippen LogP contribution in [0.2, 0.25) is 0 Å². The van der Waals surface area contributed by atoms with Gasteiger partial charge in [-0.1, -0.05) is 18.2 Å². The van der Waals surface area contributed by atoms with Gasteiger partial charge in [0.2, 0.25) is 5.91 Å². The minimum absolute atomic E-state index is 0.0307. The van der Waals surface area contributed by atoms with Crippen molar-refractivity contribution in [1.82, 2.24) is 4.90 Å². The number of benzene rings is 1. The molecule has 0 radical (unpaired) electrons. The van der Waals surface area contributed by atoms with Crippen LogP contribution >= 0.6 is 0 Å². The lowest BCUT2D eigenvalue weighted by Crippen LogP contribution is -2.39. The molecule has 1 aliphatic heterocycles. The molecule has 0 aliphatic carbocycles. The standard InChI is InChI=1S/C15H18FNO3/c1-11(18)17-8-6-12(7-9-17)15(19)20-10-13-4-2-3-5-14(13)16/h2-5,12H,6-10H2,1H3. The van der Waals surface area contributed by atoms with Crippen LogP contribution in [0.1, 0.15) is 25.3 Å². The second-order valence-corrected chi connectivity index (χ2v) is 4.98. The summed E-state index contributed by atoms with van der Waals surface area (Å²) in [5, 5.41) is 0. The number of nitrogens with zero attached hydrogens (tertiary/aromatic N) is 1. The number of hydrogen-bond donors (Lipinski definition) is 0. The predicted molar refractivity (Wildman–Crippen MR) is 71.2 cm³/mol. The second-order valence-electron chi connectivity index (χ2n) is 4.98. The number of amides is 1. The molecule has 0 atom stereocenters. The number of carbonyl (C=O) groups excluding carboxylic acids is 2. The summed E-state index contributed by atoms with van der Waals surface area (Å²) < 4.78 is 18.5. The molecule has 1 aliphatic rings. The molecule has 4 nitrogen and oxygen atoms in total. The van der Waals surface area contributed by atoms with E-state index in [1.54, 1.807) is 23.1 Å². The Morgan fingerprint density at radius 2 is 1.95 bits per heavy atom. The average molecular weight is 279 g/mol. The number of likely N-dealkylation sites (tertiary alicyclic amines) is 1. The Kier molecular flexibility index (Phi) is 4.71. The Labute approximate surface area is 117 Å². The van der Waals surface area contributed by atoms with Crippen LogP contribution in [0.4, 0.5) is 4.39 Å². The van der Waals surface area contributed by atoms with E-state index in [0.29, 0.717) is 31.5 Å². The van der Waals surface area contributed by atoms with Crippen molar-refractivity contribution in [3.63, 3.8) is 0 Å². The van der Waals surface area contributed by atoms with Crippen LogP contribution in [0.5, 0.6) is 0 Å². The summed E-state index contributed by atoms with van der Waals surface area (Å²) in [7, 11) is 0. The Balaban J connectivity index is 1.82. The topological polar surface area (TPSA) is 46.6 Å². The summed E-state index contributed by atoms with van der Waals surface area (Å²) in [6.07, 6.45) is 1.21. The molecule has 1 fully saturated rings. The van der Waals surface area contributed by atoms with Gasteiger partial charge in [-0.3, -0.25) is 9.59 Å². The van der Waals surface area contributed by atoms with E-state index in [0.717, 1.165) is 0 Å². The third-order valence-electron chi connectivity index (χ3n) is 3.60. The largest absolute Gasteiger partial charge is 0.460 e. The molecule has 1 saturated heterocycles. The van der Waals surface area contributed by atoms with Crippen molar-refractivity contribution in [2.45, 2.75) is 26.4 Å². The summed E-state index contributed by atoms with van der Waals surface area (Å²) in [6.45, 7) is 2.64. The number of esters is 1. The minimum Gasteiger partial charge on any atom is -0.460 e. The maximum absolute atomic E-state index is 13.4. The maximum Gasteiger partial charge on any atom is 0.309 e. The molecular weight excluding hydrogens is 261 g/mol. The van der Waals surface area contributed by atoms with Gasteiger partial charge < -0.3 is 9.64 Å². The fourth-order valence-electron chi connectivity index (χ4n) is 2.31.